The number of nitrogens with one attached hydrogen (secondary N) is 1. The molecule has 1 heterocycles. The zero-order valence-electron chi connectivity index (χ0n) is 9.64. The molecule has 0 aliphatic carbocycles. The second-order valence-corrected chi connectivity index (χ2v) is 4.70. The van der Waals surface area contributed by atoms with Gasteiger partial charge in [0.25, 0.3) is 0 Å². The van der Waals surface area contributed by atoms with Crippen molar-refractivity contribution >= 4 is 33.4 Å². The Morgan fingerprint density at radius 1 is 1.33 bits per heavy atom. The number of anilines is 2. The highest BCUT2D eigenvalue weighted by Crippen LogP contribution is 2.24. The molecule has 0 bridgehead atoms. The molecule has 18 heavy (non-hydrogen) atoms. The lowest BCUT2D eigenvalue weighted by molar-refractivity contribution is 0.0696. The third-order valence-corrected chi connectivity index (χ3v) is 3.01. The van der Waals surface area contributed by atoms with Crippen molar-refractivity contribution in [1.82, 2.24) is 4.98 Å². The minimum atomic E-state index is -0.995. The molecular formula is C13H11BrN2O2. The Morgan fingerprint density at radius 2 is 2.00 bits per heavy atom. The Kier molecular flexibility index (Phi) is 3.62. The second kappa shape index (κ2) is 5.18. The summed E-state index contributed by atoms with van der Waals surface area (Å²) in [7, 11) is 0. The molecule has 0 aliphatic rings. The topological polar surface area (TPSA) is 62.2 Å². The van der Waals surface area contributed by atoms with Gasteiger partial charge in [0, 0.05) is 11.9 Å². The summed E-state index contributed by atoms with van der Waals surface area (Å²) in [6.45, 7) is 2.01. The number of aromatic carboxylic acids is 1. The summed E-state index contributed by atoms with van der Waals surface area (Å²) >= 11 is 3.30. The number of aryl methyl sites for hydroxylation is 1. The van der Waals surface area contributed by atoms with Crippen LogP contribution in [0.15, 0.2) is 41.0 Å². The highest BCUT2D eigenvalue weighted by molar-refractivity contribution is 9.10. The van der Waals surface area contributed by atoms with Crippen molar-refractivity contribution in [3.05, 3.63) is 52.1 Å². The zero-order chi connectivity index (χ0) is 13.1. The molecule has 0 saturated heterocycles. The first-order valence-corrected chi connectivity index (χ1v) is 6.08. The number of carbonyl (C=O) groups is 1. The summed E-state index contributed by atoms with van der Waals surface area (Å²) in [6, 6.07) is 9.37. The van der Waals surface area contributed by atoms with Crippen LogP contribution in [-0.2, 0) is 0 Å². The van der Waals surface area contributed by atoms with Gasteiger partial charge in [-0.3, -0.25) is 0 Å². The number of rotatable bonds is 3. The maximum Gasteiger partial charge on any atom is 0.337 e. The maximum absolute atomic E-state index is 10.8. The third kappa shape index (κ3) is 2.87. The quantitative estimate of drug-likeness (QED) is 0.909. The van der Waals surface area contributed by atoms with Crippen molar-refractivity contribution in [3.8, 4) is 0 Å². The number of pyridine rings is 1. The smallest absolute Gasteiger partial charge is 0.337 e. The number of carboxylic acid groups (broad SMARTS) is 1. The second-order valence-electron chi connectivity index (χ2n) is 3.85. The molecular weight excluding hydrogens is 296 g/mol. The largest absolute Gasteiger partial charge is 0.478 e. The van der Waals surface area contributed by atoms with Crippen LogP contribution in [0.3, 0.4) is 0 Å². The lowest BCUT2D eigenvalue weighted by atomic mass is 10.2. The predicted octanol–water partition coefficient (Wildman–Crippen LogP) is 3.59. The number of carboxylic acids is 1. The van der Waals surface area contributed by atoms with Crippen LogP contribution in [0.1, 0.15) is 15.9 Å². The summed E-state index contributed by atoms with van der Waals surface area (Å²) in [6.07, 6.45) is 1.32. The van der Waals surface area contributed by atoms with E-state index in [0.717, 1.165) is 5.69 Å². The average molecular weight is 307 g/mol. The summed E-state index contributed by atoms with van der Waals surface area (Å²) < 4.78 is 0.614. The lowest BCUT2D eigenvalue weighted by Gasteiger charge is -2.08. The normalized spacial score (nSPS) is 10.1. The summed E-state index contributed by atoms with van der Waals surface area (Å²) in [5.41, 5.74) is 2.22. The van der Waals surface area contributed by atoms with E-state index >= 15 is 0 Å². The Hall–Kier alpha value is -1.88. The van der Waals surface area contributed by atoms with Crippen molar-refractivity contribution in [2.24, 2.45) is 0 Å². The fourth-order valence-corrected chi connectivity index (χ4v) is 1.87. The van der Waals surface area contributed by atoms with Crippen LogP contribution < -0.4 is 5.32 Å². The molecule has 0 saturated carbocycles. The first-order valence-electron chi connectivity index (χ1n) is 5.29. The molecule has 2 rings (SSSR count). The van der Waals surface area contributed by atoms with Gasteiger partial charge in [0.15, 0.2) is 0 Å². The van der Waals surface area contributed by atoms with E-state index in [1.54, 1.807) is 0 Å². The van der Waals surface area contributed by atoms with Gasteiger partial charge in [-0.1, -0.05) is 17.7 Å². The Labute approximate surface area is 113 Å². The van der Waals surface area contributed by atoms with Crippen LogP contribution in [0, 0.1) is 6.92 Å². The van der Waals surface area contributed by atoms with Gasteiger partial charge in [-0.25, -0.2) is 9.78 Å². The van der Waals surface area contributed by atoms with Gasteiger partial charge in [-0.05, 0) is 41.1 Å². The minimum Gasteiger partial charge on any atom is -0.478 e. The first-order chi connectivity index (χ1) is 8.56. The van der Waals surface area contributed by atoms with Crippen LogP contribution in [0.5, 0.6) is 0 Å². The molecule has 0 aliphatic heterocycles. The maximum atomic E-state index is 10.8. The molecule has 2 N–H and O–H groups in total. The highest BCUT2D eigenvalue weighted by Gasteiger charge is 2.08. The Morgan fingerprint density at radius 3 is 2.56 bits per heavy atom. The van der Waals surface area contributed by atoms with E-state index in [9.17, 15) is 4.79 Å². The minimum absolute atomic E-state index is 0.149. The Bertz CT molecular complexity index is 582. The molecule has 1 aromatic heterocycles. The summed E-state index contributed by atoms with van der Waals surface area (Å²) in [5, 5.41) is 12.0. The summed E-state index contributed by atoms with van der Waals surface area (Å²) in [5.74, 6) is -0.408. The SMILES string of the molecule is Cc1ccc(Nc2ncc(C(=O)O)cc2Br)cc1. The van der Waals surface area contributed by atoms with Crippen LogP contribution in [0.2, 0.25) is 0 Å². The fraction of sp³-hybridized carbons (Fsp3) is 0.0769. The molecule has 0 atom stereocenters. The molecule has 5 heteroatoms. The van der Waals surface area contributed by atoms with Crippen molar-refractivity contribution in [3.63, 3.8) is 0 Å². The number of nitrogens with zero attached hydrogens (tertiary/aromatic N) is 1. The number of aromatic nitrogens is 1. The number of hydrogen-bond acceptors (Lipinski definition) is 3. The number of halogens is 1. The standard InChI is InChI=1S/C13H11BrN2O2/c1-8-2-4-10(5-3-8)16-12-11(14)6-9(7-15-12)13(17)18/h2-7H,1H3,(H,15,16)(H,17,18). The van der Waals surface area contributed by atoms with Crippen molar-refractivity contribution in [2.75, 3.05) is 5.32 Å². The van der Waals surface area contributed by atoms with Gasteiger partial charge >= 0.3 is 5.97 Å². The van der Waals surface area contributed by atoms with E-state index in [1.807, 2.05) is 31.2 Å². The van der Waals surface area contributed by atoms with Crippen LogP contribution in [0.25, 0.3) is 0 Å². The van der Waals surface area contributed by atoms with Crippen molar-refractivity contribution in [2.45, 2.75) is 6.92 Å². The molecule has 2 aromatic rings. The van der Waals surface area contributed by atoms with Gasteiger partial charge in [0.1, 0.15) is 5.82 Å². The number of hydrogen-bond donors (Lipinski definition) is 2. The van der Waals surface area contributed by atoms with Gasteiger partial charge < -0.3 is 10.4 Å². The first kappa shape index (κ1) is 12.6. The molecule has 0 fully saturated rings. The van der Waals surface area contributed by atoms with E-state index in [1.165, 1.54) is 17.8 Å². The molecule has 0 unspecified atom stereocenters. The van der Waals surface area contributed by atoms with E-state index in [2.05, 4.69) is 26.2 Å². The monoisotopic (exact) mass is 306 g/mol. The van der Waals surface area contributed by atoms with E-state index in [-0.39, 0.29) is 5.56 Å². The van der Waals surface area contributed by atoms with Crippen LogP contribution in [-0.4, -0.2) is 16.1 Å². The fourth-order valence-electron chi connectivity index (χ4n) is 1.42. The van der Waals surface area contributed by atoms with Crippen molar-refractivity contribution in [1.29, 1.82) is 0 Å². The van der Waals surface area contributed by atoms with Gasteiger partial charge in [-0.15, -0.1) is 0 Å². The molecule has 92 valence electrons. The molecule has 1 aromatic carbocycles. The lowest BCUT2D eigenvalue weighted by Crippen LogP contribution is -2.00. The highest BCUT2D eigenvalue weighted by atomic mass is 79.9. The van der Waals surface area contributed by atoms with Crippen LogP contribution in [0.4, 0.5) is 11.5 Å². The molecule has 4 nitrogen and oxygen atoms in total. The Balaban J connectivity index is 2.24. The van der Waals surface area contributed by atoms with Gasteiger partial charge in [-0.2, -0.15) is 0 Å². The predicted molar refractivity (Wildman–Crippen MR) is 73.4 cm³/mol. The summed E-state index contributed by atoms with van der Waals surface area (Å²) in [4.78, 5) is 14.9. The number of benzene rings is 1. The zero-order valence-corrected chi connectivity index (χ0v) is 11.2. The average Bonchev–Trinajstić information content (AvgIpc) is 2.34. The van der Waals surface area contributed by atoms with E-state index in [4.69, 9.17) is 5.11 Å². The van der Waals surface area contributed by atoms with Gasteiger partial charge in [0.2, 0.25) is 0 Å². The van der Waals surface area contributed by atoms with Gasteiger partial charge in [0.05, 0.1) is 10.0 Å². The molecule has 0 amide bonds. The van der Waals surface area contributed by atoms with E-state index < -0.39 is 5.97 Å². The van der Waals surface area contributed by atoms with Crippen LogP contribution >= 0.6 is 15.9 Å². The molecule has 0 radical (unpaired) electrons. The van der Waals surface area contributed by atoms with Crippen molar-refractivity contribution < 1.29 is 9.90 Å². The van der Waals surface area contributed by atoms with E-state index in [0.29, 0.717) is 10.3 Å². The third-order valence-electron chi connectivity index (χ3n) is 2.40. The molecule has 0 spiro atoms.